The first kappa shape index (κ1) is 16.9. The Morgan fingerprint density at radius 2 is 1.84 bits per heavy atom. The third-order valence-corrected chi connectivity index (χ3v) is 4.44. The largest absolute Gasteiger partial charge is 0.476 e. The number of aromatic nitrogens is 2. The SMILES string of the molecule is CN(C(=O)N1CCC(n2ccc(C(=O)O)n2)CC1)c1ccc(F)cc1. The molecule has 8 heteroatoms. The molecule has 0 radical (unpaired) electrons. The molecule has 132 valence electrons. The van der Waals surface area contributed by atoms with Crippen LogP contribution in [-0.4, -0.2) is 51.9 Å². The summed E-state index contributed by atoms with van der Waals surface area (Å²) in [6, 6.07) is 7.19. The van der Waals surface area contributed by atoms with E-state index in [0.29, 0.717) is 31.6 Å². The smallest absolute Gasteiger partial charge is 0.356 e. The molecule has 0 spiro atoms. The molecule has 0 unspecified atom stereocenters. The highest BCUT2D eigenvalue weighted by Gasteiger charge is 2.27. The molecule has 1 N–H and O–H groups in total. The lowest BCUT2D eigenvalue weighted by atomic mass is 10.1. The zero-order chi connectivity index (χ0) is 18.0. The summed E-state index contributed by atoms with van der Waals surface area (Å²) in [5, 5.41) is 13.0. The van der Waals surface area contributed by atoms with Crippen LogP contribution in [0.25, 0.3) is 0 Å². The number of urea groups is 1. The van der Waals surface area contributed by atoms with Crippen LogP contribution in [-0.2, 0) is 0 Å². The summed E-state index contributed by atoms with van der Waals surface area (Å²) in [7, 11) is 1.66. The molecule has 1 fully saturated rings. The zero-order valence-corrected chi connectivity index (χ0v) is 13.8. The second-order valence-electron chi connectivity index (χ2n) is 6.02. The normalized spacial score (nSPS) is 15.2. The van der Waals surface area contributed by atoms with Gasteiger partial charge in [-0.05, 0) is 43.2 Å². The van der Waals surface area contributed by atoms with Gasteiger partial charge in [0.2, 0.25) is 0 Å². The molecule has 2 amide bonds. The van der Waals surface area contributed by atoms with Crippen molar-refractivity contribution in [2.75, 3.05) is 25.0 Å². The average Bonchev–Trinajstić information content (AvgIpc) is 3.12. The van der Waals surface area contributed by atoms with Gasteiger partial charge in [0, 0.05) is 32.0 Å². The molecule has 0 aliphatic carbocycles. The molecule has 7 nitrogen and oxygen atoms in total. The maximum atomic E-state index is 13.0. The first-order valence-electron chi connectivity index (χ1n) is 8.02. The quantitative estimate of drug-likeness (QED) is 0.927. The fraction of sp³-hybridized carbons (Fsp3) is 0.353. The Kier molecular flexibility index (Phi) is 4.69. The van der Waals surface area contributed by atoms with Gasteiger partial charge in [0.05, 0.1) is 6.04 Å². The van der Waals surface area contributed by atoms with E-state index in [1.165, 1.54) is 23.1 Å². The maximum absolute atomic E-state index is 13.0. The van der Waals surface area contributed by atoms with Crippen LogP contribution in [0.1, 0.15) is 29.4 Å². The van der Waals surface area contributed by atoms with Crippen molar-refractivity contribution in [3.05, 3.63) is 48.0 Å². The number of carboxylic acid groups (broad SMARTS) is 1. The number of benzene rings is 1. The number of aromatic carboxylic acids is 1. The van der Waals surface area contributed by atoms with Crippen LogP contribution in [0, 0.1) is 5.82 Å². The van der Waals surface area contributed by atoms with E-state index in [9.17, 15) is 14.0 Å². The van der Waals surface area contributed by atoms with Crippen molar-refractivity contribution in [3.8, 4) is 0 Å². The molecule has 1 aliphatic rings. The molecule has 1 aromatic carbocycles. The van der Waals surface area contributed by atoms with Crippen molar-refractivity contribution in [1.82, 2.24) is 14.7 Å². The van der Waals surface area contributed by atoms with Gasteiger partial charge in [-0.1, -0.05) is 0 Å². The van der Waals surface area contributed by atoms with E-state index >= 15 is 0 Å². The summed E-state index contributed by atoms with van der Waals surface area (Å²) in [6.45, 7) is 1.11. The van der Waals surface area contributed by atoms with Crippen LogP contribution < -0.4 is 4.90 Å². The first-order valence-corrected chi connectivity index (χ1v) is 8.02. The first-order chi connectivity index (χ1) is 12.0. The van der Waals surface area contributed by atoms with Crippen LogP contribution in [0.15, 0.2) is 36.5 Å². The average molecular weight is 346 g/mol. The number of hydrogen-bond donors (Lipinski definition) is 1. The molecule has 25 heavy (non-hydrogen) atoms. The summed E-state index contributed by atoms with van der Waals surface area (Å²) in [6.07, 6.45) is 3.06. The van der Waals surface area contributed by atoms with Gasteiger partial charge in [-0.15, -0.1) is 0 Å². The second kappa shape index (κ2) is 6.92. The molecule has 0 saturated carbocycles. The Morgan fingerprint density at radius 3 is 2.40 bits per heavy atom. The Balaban J connectivity index is 1.60. The highest BCUT2D eigenvalue weighted by Crippen LogP contribution is 2.24. The molecule has 1 aromatic heterocycles. The Hall–Kier alpha value is -2.90. The highest BCUT2D eigenvalue weighted by molar-refractivity contribution is 5.91. The number of carbonyl (C=O) groups excluding carboxylic acids is 1. The van der Waals surface area contributed by atoms with Crippen LogP contribution >= 0.6 is 0 Å². The number of anilines is 1. The number of rotatable bonds is 3. The molecular formula is C17H19FN4O3. The summed E-state index contributed by atoms with van der Waals surface area (Å²) in [5.41, 5.74) is 0.654. The Labute approximate surface area is 144 Å². The summed E-state index contributed by atoms with van der Waals surface area (Å²) < 4.78 is 14.7. The third kappa shape index (κ3) is 3.62. The fourth-order valence-electron chi connectivity index (χ4n) is 2.96. The lowest BCUT2D eigenvalue weighted by Crippen LogP contribution is -2.45. The minimum atomic E-state index is -1.05. The van der Waals surface area contributed by atoms with Gasteiger partial charge >= 0.3 is 12.0 Å². The molecular weight excluding hydrogens is 327 g/mol. The van der Waals surface area contributed by atoms with Crippen molar-refractivity contribution >= 4 is 17.7 Å². The van der Waals surface area contributed by atoms with Gasteiger partial charge < -0.3 is 10.0 Å². The van der Waals surface area contributed by atoms with Crippen LogP contribution in [0.5, 0.6) is 0 Å². The predicted molar refractivity (Wildman–Crippen MR) is 89.2 cm³/mol. The predicted octanol–water partition coefficient (Wildman–Crippen LogP) is 2.61. The van der Waals surface area contributed by atoms with Gasteiger partial charge in [0.25, 0.3) is 0 Å². The minimum absolute atomic E-state index is 0.0227. The summed E-state index contributed by atoms with van der Waals surface area (Å²) in [5.74, 6) is -1.39. The second-order valence-corrected chi connectivity index (χ2v) is 6.02. The number of nitrogens with zero attached hydrogens (tertiary/aromatic N) is 4. The minimum Gasteiger partial charge on any atom is -0.476 e. The number of carbonyl (C=O) groups is 2. The monoisotopic (exact) mass is 346 g/mol. The fourth-order valence-corrected chi connectivity index (χ4v) is 2.96. The van der Waals surface area contributed by atoms with E-state index in [4.69, 9.17) is 5.11 Å². The van der Waals surface area contributed by atoms with E-state index in [0.717, 1.165) is 0 Å². The molecule has 2 heterocycles. The van der Waals surface area contributed by atoms with Crippen molar-refractivity contribution in [2.24, 2.45) is 0 Å². The standard InChI is InChI=1S/C17H19FN4O3/c1-20(13-4-2-12(18)3-5-13)17(25)21-9-6-14(7-10-21)22-11-8-15(19-22)16(23)24/h2-5,8,11,14H,6-7,9-10H2,1H3,(H,23,24). The molecule has 1 aliphatic heterocycles. The van der Waals surface area contributed by atoms with Gasteiger partial charge in [-0.25, -0.2) is 14.0 Å². The summed E-state index contributed by atoms with van der Waals surface area (Å²) in [4.78, 5) is 26.7. The van der Waals surface area contributed by atoms with Crippen molar-refractivity contribution in [3.63, 3.8) is 0 Å². The third-order valence-electron chi connectivity index (χ3n) is 4.44. The lowest BCUT2D eigenvalue weighted by molar-refractivity contribution is 0.0688. The Morgan fingerprint density at radius 1 is 1.20 bits per heavy atom. The Bertz CT molecular complexity index is 766. The van der Waals surface area contributed by atoms with E-state index in [1.807, 2.05) is 0 Å². The van der Waals surface area contributed by atoms with E-state index in [1.54, 1.807) is 35.0 Å². The number of amides is 2. The maximum Gasteiger partial charge on any atom is 0.356 e. The van der Waals surface area contributed by atoms with Crippen molar-refractivity contribution < 1.29 is 19.1 Å². The topological polar surface area (TPSA) is 78.7 Å². The van der Waals surface area contributed by atoms with Crippen LogP contribution in [0.2, 0.25) is 0 Å². The van der Waals surface area contributed by atoms with Gasteiger partial charge in [0.1, 0.15) is 5.82 Å². The van der Waals surface area contributed by atoms with E-state index < -0.39 is 5.97 Å². The van der Waals surface area contributed by atoms with Crippen molar-refractivity contribution in [1.29, 1.82) is 0 Å². The number of carboxylic acids is 1. The van der Waals surface area contributed by atoms with Crippen molar-refractivity contribution in [2.45, 2.75) is 18.9 Å². The number of halogens is 1. The highest BCUT2D eigenvalue weighted by atomic mass is 19.1. The van der Waals surface area contributed by atoms with Gasteiger partial charge in [-0.2, -0.15) is 5.10 Å². The molecule has 1 saturated heterocycles. The molecule has 0 bridgehead atoms. The van der Waals surface area contributed by atoms with Gasteiger partial charge in [-0.3, -0.25) is 9.58 Å². The molecule has 0 atom stereocenters. The summed E-state index contributed by atoms with van der Waals surface area (Å²) >= 11 is 0. The molecule has 3 rings (SSSR count). The van der Waals surface area contributed by atoms with Crippen LogP contribution in [0.4, 0.5) is 14.9 Å². The number of hydrogen-bond acceptors (Lipinski definition) is 3. The number of piperidine rings is 1. The van der Waals surface area contributed by atoms with E-state index in [-0.39, 0.29) is 23.6 Å². The zero-order valence-electron chi connectivity index (χ0n) is 13.8. The molecule has 2 aromatic rings. The lowest BCUT2D eigenvalue weighted by Gasteiger charge is -2.34. The number of likely N-dealkylation sites (tertiary alicyclic amines) is 1. The van der Waals surface area contributed by atoms with E-state index in [2.05, 4.69) is 5.10 Å². The van der Waals surface area contributed by atoms with Gasteiger partial charge in [0.15, 0.2) is 5.69 Å². The van der Waals surface area contributed by atoms with Crippen LogP contribution in [0.3, 0.4) is 0 Å².